The number of hydrogen-bond donors (Lipinski definition) is 4. The summed E-state index contributed by atoms with van der Waals surface area (Å²) in [5.41, 5.74) is 4.27. The minimum absolute atomic E-state index is 0.0612. The summed E-state index contributed by atoms with van der Waals surface area (Å²) >= 11 is 9.34. The number of nitrogens with one attached hydrogen (secondary N) is 1. The first-order valence-electron chi connectivity index (χ1n) is 32.7. The van der Waals surface area contributed by atoms with E-state index in [0.717, 1.165) is 17.5 Å². The molecule has 0 saturated heterocycles. The first-order chi connectivity index (χ1) is 53.6. The second-order valence-electron chi connectivity index (χ2n) is 23.4. The highest BCUT2D eigenvalue weighted by atomic mass is 79.9. The van der Waals surface area contributed by atoms with Gasteiger partial charge in [-0.3, -0.25) is 14.2 Å². The number of sulfonamides is 3. The fourth-order valence-electron chi connectivity index (χ4n) is 9.00. The molecule has 622 valence electrons. The Hall–Kier alpha value is -7.59. The average Bonchev–Trinajstić information content (AvgIpc) is 0.811. The molecule has 10 aromatic rings. The molecule has 0 fully saturated rings. The zero-order valence-electron chi connectivity index (χ0n) is 59.7. The monoisotopic (exact) mass is 1930 g/mol. The number of hydrogen-bond acceptors (Lipinski definition) is 16. The Morgan fingerprint density at radius 3 is 1.10 bits per heavy atom. The highest BCUT2D eigenvalue weighted by Gasteiger charge is 2.47. The molecule has 0 amide bonds. The summed E-state index contributed by atoms with van der Waals surface area (Å²) in [4.78, 5) is 7.58. The molecule has 0 saturated carbocycles. The van der Waals surface area contributed by atoms with Gasteiger partial charge in [-0.05, 0) is 112 Å². The summed E-state index contributed by atoms with van der Waals surface area (Å²) in [5, 5.41) is 17.1. The van der Waals surface area contributed by atoms with Crippen LogP contribution in [0.15, 0.2) is 257 Å². The SMILES string of the molecule is CCOS(=O)(=O)C(F)(F)F.NCc1ccc(Br)cc1F.O=S(=O)(Cc1ccccc1)N(Cc1ccc(-c2ccncc2)cc1F)CC(F)(F)F.O=S(=O)(Cc1ccccc1)N(Cc1ccc(Br)cc1F)CC(F)(F)F.O=S(=O)(Cc1ccccc1)NCc1ccc(Br)cc1F.O=S(=O)(Cl)Cc1ccccc1.OB(O)c1ccncc1. The molecule has 8 aromatic carbocycles. The fraction of sp³-hybridized carbons (Fsp3) is 0.205. The third-order valence-corrected chi connectivity index (χ3v) is 22.7. The van der Waals surface area contributed by atoms with Crippen molar-refractivity contribution >= 4 is 120 Å². The van der Waals surface area contributed by atoms with Crippen LogP contribution in [-0.2, 0) is 103 Å². The normalized spacial score (nSPS) is 11.8. The Bertz CT molecular complexity index is 5260. The molecule has 0 atom stereocenters. The minimum Gasteiger partial charge on any atom is -0.423 e. The van der Waals surface area contributed by atoms with Crippen LogP contribution in [-0.4, -0.2) is 115 Å². The second-order valence-corrected chi connectivity index (χ2v) is 36.3. The summed E-state index contributed by atoms with van der Waals surface area (Å²) in [5.74, 6) is -3.69. The first-order valence-corrected chi connectivity index (χ1v) is 43.8. The van der Waals surface area contributed by atoms with Gasteiger partial charge in [-0.25, -0.2) is 56.0 Å². The van der Waals surface area contributed by atoms with Gasteiger partial charge in [0.1, 0.15) is 36.4 Å². The maximum atomic E-state index is 14.6. The quantitative estimate of drug-likeness (QED) is 0.0144. The third kappa shape index (κ3) is 39.5. The van der Waals surface area contributed by atoms with Gasteiger partial charge in [0.2, 0.25) is 39.1 Å². The Kier molecular flexibility index (Phi) is 40.9. The topological polar surface area (TPSA) is 291 Å². The molecule has 0 bridgehead atoms. The van der Waals surface area contributed by atoms with Gasteiger partial charge < -0.3 is 15.8 Å². The highest BCUT2D eigenvalue weighted by Crippen LogP contribution is 2.29. The van der Waals surface area contributed by atoms with Crippen LogP contribution in [0.3, 0.4) is 0 Å². The fourth-order valence-corrected chi connectivity index (χ4v) is 15.5. The lowest BCUT2D eigenvalue weighted by atomic mass is 9.81. The summed E-state index contributed by atoms with van der Waals surface area (Å²) < 4.78 is 290. The van der Waals surface area contributed by atoms with Crippen molar-refractivity contribution in [2.45, 2.75) is 74.0 Å². The van der Waals surface area contributed by atoms with Gasteiger partial charge in [-0.15, -0.1) is 0 Å². The van der Waals surface area contributed by atoms with E-state index in [2.05, 4.69) is 66.7 Å². The zero-order valence-corrected chi connectivity index (χ0v) is 69.3. The Balaban J connectivity index is 0.000000297. The molecule has 19 nitrogen and oxygen atoms in total. The van der Waals surface area contributed by atoms with Crippen molar-refractivity contribution in [3.8, 4) is 11.1 Å². The first kappa shape index (κ1) is 99.8. The van der Waals surface area contributed by atoms with E-state index in [4.69, 9.17) is 26.5 Å². The van der Waals surface area contributed by atoms with Crippen LogP contribution in [0.2, 0.25) is 0 Å². The van der Waals surface area contributed by atoms with Gasteiger partial charge in [-0.2, -0.15) is 56.5 Å². The third-order valence-electron chi connectivity index (χ3n) is 14.3. The Morgan fingerprint density at radius 2 is 0.791 bits per heavy atom. The Morgan fingerprint density at radius 1 is 0.452 bits per heavy atom. The summed E-state index contributed by atoms with van der Waals surface area (Å²) in [6.45, 7) is -3.98. The van der Waals surface area contributed by atoms with Crippen LogP contribution in [0.5, 0.6) is 0 Å². The highest BCUT2D eigenvalue weighted by molar-refractivity contribution is 9.11. The molecule has 0 unspecified atom stereocenters. The largest absolute Gasteiger partial charge is 0.523 e. The molecule has 2 aromatic heterocycles. The van der Waals surface area contributed by atoms with Gasteiger partial charge in [0.25, 0.3) is 0 Å². The van der Waals surface area contributed by atoms with E-state index in [9.17, 15) is 99.2 Å². The van der Waals surface area contributed by atoms with Crippen molar-refractivity contribution in [1.82, 2.24) is 23.3 Å². The van der Waals surface area contributed by atoms with Crippen molar-refractivity contribution in [2.24, 2.45) is 5.73 Å². The van der Waals surface area contributed by atoms with Crippen LogP contribution in [0.4, 0.5) is 57.1 Å². The van der Waals surface area contributed by atoms with E-state index in [1.807, 2.05) is 12.1 Å². The molecule has 0 aliphatic rings. The van der Waals surface area contributed by atoms with Crippen molar-refractivity contribution in [3.63, 3.8) is 0 Å². The molecule has 0 aliphatic heterocycles. The molecule has 5 N–H and O–H groups in total. The van der Waals surface area contributed by atoms with Gasteiger partial charge in [0.15, 0.2) is 0 Å². The lowest BCUT2D eigenvalue weighted by Crippen LogP contribution is -2.39. The van der Waals surface area contributed by atoms with Gasteiger partial charge in [0, 0.05) is 97.3 Å². The van der Waals surface area contributed by atoms with Crippen LogP contribution in [0.1, 0.15) is 51.4 Å². The van der Waals surface area contributed by atoms with Crippen molar-refractivity contribution < 1.29 is 113 Å². The van der Waals surface area contributed by atoms with Crippen LogP contribution in [0, 0.1) is 23.3 Å². The van der Waals surface area contributed by atoms with Gasteiger partial charge >= 0.3 is 35.1 Å². The molecular weight excluding hydrogens is 1860 g/mol. The number of aromatic nitrogens is 2. The van der Waals surface area contributed by atoms with E-state index in [-0.39, 0.29) is 50.1 Å². The van der Waals surface area contributed by atoms with Crippen molar-refractivity contribution in [3.05, 3.63) is 324 Å². The second kappa shape index (κ2) is 47.1. The maximum Gasteiger partial charge on any atom is 0.523 e. The van der Waals surface area contributed by atoms with E-state index < -0.39 is 136 Å². The lowest BCUT2D eigenvalue weighted by Gasteiger charge is -2.24. The standard InChI is InChI=1S/C21H18F4N2O2S.C16H14BrF4NO2S.C14H13BrFNO2S.C7H7BrFN.C7H7ClO2S.C5H6BNO2.C3H5F3O3S/c22-20-12-18(17-8-10-26-11-9-17)6-7-19(20)13-27(15-21(23,24)25)30(28,29)14-16-4-2-1-3-5-16;17-14-7-6-13(15(18)8-14)9-22(11-16(19,20)21)25(23,24)10-12-4-2-1-3-5-12;15-13-7-6-12(14(16)8-13)9-17-20(18,19)10-11-4-2-1-3-5-11;8-6-2-1-5(4-10)7(9)3-6;8-11(9,10)6-7-4-2-1-3-5-7;8-6(9)5-1-3-7-4-2-5;1-2-9-10(7,8)3(4,5)6/h1-12H,13-15H2;1-8H,9-11H2;1-8,17H,9-10H2;1-3H,4,10H2;1-5H,6H2;1-4,8-9H;2H2,1H3. The van der Waals surface area contributed by atoms with Crippen molar-refractivity contribution in [2.75, 3.05) is 19.7 Å². The molecule has 0 aliphatic carbocycles. The van der Waals surface area contributed by atoms with Crippen LogP contribution in [0.25, 0.3) is 11.1 Å². The summed E-state index contributed by atoms with van der Waals surface area (Å²) in [7, 11) is -17.2. The number of nitrogens with zero attached hydrogens (tertiary/aromatic N) is 4. The van der Waals surface area contributed by atoms with Crippen molar-refractivity contribution in [1.29, 1.82) is 0 Å². The molecule has 115 heavy (non-hydrogen) atoms. The molecular formula is C73H70BBr3ClF13N6O13S5. The average molecular weight is 1930 g/mol. The molecule has 42 heteroatoms. The van der Waals surface area contributed by atoms with E-state index in [1.54, 1.807) is 133 Å². The predicted octanol–water partition coefficient (Wildman–Crippen LogP) is 15.9. The smallest absolute Gasteiger partial charge is 0.423 e. The molecule has 0 spiro atoms. The van der Waals surface area contributed by atoms with Crippen LogP contribution < -0.4 is 15.9 Å². The van der Waals surface area contributed by atoms with E-state index in [1.165, 1.54) is 91.5 Å². The van der Waals surface area contributed by atoms with E-state index in [0.29, 0.717) is 58.9 Å². The molecule has 0 radical (unpaired) electrons. The zero-order chi connectivity index (χ0) is 86.0. The predicted molar refractivity (Wildman–Crippen MR) is 422 cm³/mol. The Labute approximate surface area is 686 Å². The summed E-state index contributed by atoms with van der Waals surface area (Å²) in [6, 6.07) is 56.9. The number of alkyl halides is 9. The number of benzene rings is 8. The number of rotatable bonds is 24. The molecule has 2 heterocycles. The number of halogens is 17. The maximum absolute atomic E-state index is 14.6. The number of nitrogens with two attached hydrogens (primary N) is 1. The minimum atomic E-state index is -5.35. The van der Waals surface area contributed by atoms with Gasteiger partial charge in [0.05, 0.1) is 29.6 Å². The molecule has 10 rings (SSSR count). The lowest BCUT2D eigenvalue weighted by molar-refractivity contribution is -0.137. The number of pyridine rings is 2. The van der Waals surface area contributed by atoms with E-state index >= 15 is 0 Å². The van der Waals surface area contributed by atoms with Gasteiger partial charge in [-0.1, -0.05) is 199 Å². The van der Waals surface area contributed by atoms with Crippen LogP contribution >= 0.6 is 58.5 Å². The summed E-state index contributed by atoms with van der Waals surface area (Å²) in [6.07, 6.45) is -3.43.